The number of nitrogens with zero attached hydrogens (tertiary/aromatic N) is 1. The number of rotatable bonds is 5. The van der Waals surface area contributed by atoms with Crippen LogP contribution in [0.1, 0.15) is 26.2 Å². The van der Waals surface area contributed by atoms with E-state index in [2.05, 4.69) is 4.74 Å². The lowest BCUT2D eigenvalue weighted by Gasteiger charge is -2.25. The molecule has 0 aliphatic carbocycles. The van der Waals surface area contributed by atoms with E-state index in [1.807, 2.05) is 13.0 Å². The second-order valence-corrected chi connectivity index (χ2v) is 3.01. The van der Waals surface area contributed by atoms with Gasteiger partial charge in [0.05, 0.1) is 26.2 Å². The minimum atomic E-state index is -1.02. The maximum absolute atomic E-state index is 11.3. The van der Waals surface area contributed by atoms with E-state index in [4.69, 9.17) is 10.4 Å². The largest absolute Gasteiger partial charge is 0.468 e. The molecule has 13 heavy (non-hydrogen) atoms. The molecule has 0 bridgehead atoms. The van der Waals surface area contributed by atoms with Gasteiger partial charge in [0.1, 0.15) is 5.41 Å². The number of ether oxygens (including phenoxy) is 1. The highest BCUT2D eigenvalue weighted by atomic mass is 16.5. The molecular weight excluding hydrogens is 170 g/mol. The van der Waals surface area contributed by atoms with Gasteiger partial charge in [0.25, 0.3) is 0 Å². The Hall–Kier alpha value is -1.08. The molecule has 0 aliphatic heterocycles. The molecule has 0 heterocycles. The summed E-state index contributed by atoms with van der Waals surface area (Å²) >= 11 is 0. The van der Waals surface area contributed by atoms with Crippen LogP contribution in [-0.4, -0.2) is 24.8 Å². The zero-order chi connectivity index (χ0) is 10.3. The van der Waals surface area contributed by atoms with Crippen molar-refractivity contribution in [2.45, 2.75) is 26.2 Å². The first-order valence-electron chi connectivity index (χ1n) is 4.23. The third kappa shape index (κ3) is 2.71. The second-order valence-electron chi connectivity index (χ2n) is 3.01. The highest BCUT2D eigenvalue weighted by Crippen LogP contribution is 2.28. The molecule has 0 fully saturated rings. The van der Waals surface area contributed by atoms with Crippen molar-refractivity contribution in [3.8, 4) is 6.07 Å². The third-order valence-corrected chi connectivity index (χ3v) is 2.07. The van der Waals surface area contributed by atoms with E-state index in [0.29, 0.717) is 6.42 Å². The molecule has 74 valence electrons. The summed E-state index contributed by atoms with van der Waals surface area (Å²) in [5, 5.41) is 17.6. The van der Waals surface area contributed by atoms with Gasteiger partial charge in [-0.1, -0.05) is 13.3 Å². The number of nitriles is 1. The number of hydrogen-bond acceptors (Lipinski definition) is 4. The van der Waals surface area contributed by atoms with Crippen LogP contribution in [0.5, 0.6) is 0 Å². The summed E-state index contributed by atoms with van der Waals surface area (Å²) in [6.45, 7) is 1.56. The van der Waals surface area contributed by atoms with Gasteiger partial charge in [-0.05, 0) is 6.42 Å². The van der Waals surface area contributed by atoms with Crippen molar-refractivity contribution in [3.05, 3.63) is 0 Å². The summed E-state index contributed by atoms with van der Waals surface area (Å²) in [5.74, 6) is -0.501. The quantitative estimate of drug-likeness (QED) is 0.644. The lowest BCUT2D eigenvalue weighted by atomic mass is 9.81. The summed E-state index contributed by atoms with van der Waals surface area (Å²) in [6.07, 6.45) is 1.21. The molecule has 0 aromatic heterocycles. The fraction of sp³-hybridized carbons (Fsp3) is 0.778. The van der Waals surface area contributed by atoms with Crippen LogP contribution in [0.4, 0.5) is 0 Å². The molecule has 0 aliphatic rings. The van der Waals surface area contributed by atoms with Crippen LogP contribution in [0.2, 0.25) is 0 Å². The topological polar surface area (TPSA) is 70.3 Å². The van der Waals surface area contributed by atoms with Gasteiger partial charge in [-0.15, -0.1) is 0 Å². The zero-order valence-corrected chi connectivity index (χ0v) is 8.04. The maximum atomic E-state index is 11.3. The van der Waals surface area contributed by atoms with E-state index in [1.165, 1.54) is 7.11 Å². The Morgan fingerprint density at radius 2 is 2.31 bits per heavy atom. The van der Waals surface area contributed by atoms with Gasteiger partial charge >= 0.3 is 5.97 Å². The average Bonchev–Trinajstić information content (AvgIpc) is 2.16. The van der Waals surface area contributed by atoms with Gasteiger partial charge in [-0.25, -0.2) is 0 Å². The van der Waals surface area contributed by atoms with Crippen LogP contribution in [0.25, 0.3) is 0 Å². The average molecular weight is 185 g/mol. The number of esters is 1. The Kier molecular flexibility index (Phi) is 5.09. The summed E-state index contributed by atoms with van der Waals surface area (Å²) in [5.41, 5.74) is -1.02. The van der Waals surface area contributed by atoms with Crippen molar-refractivity contribution in [2.24, 2.45) is 5.41 Å². The van der Waals surface area contributed by atoms with Crippen LogP contribution in [0.3, 0.4) is 0 Å². The van der Waals surface area contributed by atoms with Crippen molar-refractivity contribution in [1.82, 2.24) is 0 Å². The first-order chi connectivity index (χ1) is 6.16. The summed E-state index contributed by atoms with van der Waals surface area (Å²) in [4.78, 5) is 11.3. The molecule has 0 rings (SSSR count). The minimum absolute atomic E-state index is 0.00398. The molecule has 1 atom stereocenters. The van der Waals surface area contributed by atoms with E-state index < -0.39 is 11.4 Å². The van der Waals surface area contributed by atoms with Crippen LogP contribution in [0, 0.1) is 16.7 Å². The SMILES string of the molecule is CCCC(CO)(CC#N)C(=O)OC. The number of carbonyl (C=O) groups is 1. The van der Waals surface area contributed by atoms with E-state index >= 15 is 0 Å². The molecule has 0 saturated heterocycles. The highest BCUT2D eigenvalue weighted by Gasteiger charge is 2.38. The summed E-state index contributed by atoms with van der Waals surface area (Å²) < 4.78 is 4.56. The van der Waals surface area contributed by atoms with E-state index in [0.717, 1.165) is 6.42 Å². The smallest absolute Gasteiger partial charge is 0.315 e. The monoisotopic (exact) mass is 185 g/mol. The van der Waals surface area contributed by atoms with E-state index in [-0.39, 0.29) is 13.0 Å². The van der Waals surface area contributed by atoms with Crippen LogP contribution in [-0.2, 0) is 9.53 Å². The Balaban J connectivity index is 4.64. The fourth-order valence-corrected chi connectivity index (χ4v) is 1.31. The van der Waals surface area contributed by atoms with Crippen LogP contribution in [0.15, 0.2) is 0 Å². The normalized spacial score (nSPS) is 14.3. The van der Waals surface area contributed by atoms with Crippen molar-refractivity contribution < 1.29 is 14.6 Å². The molecule has 0 spiro atoms. The van der Waals surface area contributed by atoms with Crippen molar-refractivity contribution in [1.29, 1.82) is 5.26 Å². The Morgan fingerprint density at radius 3 is 2.62 bits per heavy atom. The molecule has 1 N–H and O–H groups in total. The molecule has 4 nitrogen and oxygen atoms in total. The number of methoxy groups -OCH3 is 1. The molecule has 0 amide bonds. The third-order valence-electron chi connectivity index (χ3n) is 2.07. The van der Waals surface area contributed by atoms with E-state index in [9.17, 15) is 4.79 Å². The number of aliphatic hydroxyl groups is 1. The van der Waals surface area contributed by atoms with Crippen molar-refractivity contribution in [3.63, 3.8) is 0 Å². The van der Waals surface area contributed by atoms with Gasteiger partial charge in [-0.2, -0.15) is 5.26 Å². The predicted molar refractivity (Wildman–Crippen MR) is 46.7 cm³/mol. The van der Waals surface area contributed by atoms with Crippen molar-refractivity contribution in [2.75, 3.05) is 13.7 Å². The summed E-state index contributed by atoms with van der Waals surface area (Å²) in [6, 6.07) is 1.90. The molecule has 0 radical (unpaired) electrons. The standard InChI is InChI=1S/C9H15NO3/c1-3-4-9(7-11,5-6-10)8(12)13-2/h11H,3-5,7H2,1-2H3. The van der Waals surface area contributed by atoms with Crippen LogP contribution >= 0.6 is 0 Å². The van der Waals surface area contributed by atoms with Gasteiger partial charge in [0.15, 0.2) is 0 Å². The maximum Gasteiger partial charge on any atom is 0.315 e. The molecule has 1 unspecified atom stereocenters. The minimum Gasteiger partial charge on any atom is -0.468 e. The second kappa shape index (κ2) is 5.55. The Bertz CT molecular complexity index is 209. The van der Waals surface area contributed by atoms with Gasteiger partial charge in [0, 0.05) is 0 Å². The number of hydrogen-bond donors (Lipinski definition) is 1. The van der Waals surface area contributed by atoms with Gasteiger partial charge < -0.3 is 9.84 Å². The van der Waals surface area contributed by atoms with Gasteiger partial charge in [-0.3, -0.25) is 4.79 Å². The van der Waals surface area contributed by atoms with Crippen LogP contribution < -0.4 is 0 Å². The Morgan fingerprint density at radius 1 is 1.69 bits per heavy atom. The number of carbonyl (C=O) groups excluding carboxylic acids is 1. The molecular formula is C9H15NO3. The van der Waals surface area contributed by atoms with Crippen molar-refractivity contribution >= 4 is 5.97 Å². The molecule has 4 heteroatoms. The molecule has 0 saturated carbocycles. The lowest BCUT2D eigenvalue weighted by molar-refractivity contribution is -0.155. The lowest BCUT2D eigenvalue weighted by Crippen LogP contribution is -2.35. The first kappa shape index (κ1) is 11.9. The summed E-state index contributed by atoms with van der Waals surface area (Å²) in [7, 11) is 1.26. The zero-order valence-electron chi connectivity index (χ0n) is 8.04. The van der Waals surface area contributed by atoms with Gasteiger partial charge in [0.2, 0.25) is 0 Å². The fourth-order valence-electron chi connectivity index (χ4n) is 1.31. The predicted octanol–water partition coefficient (Wildman–Crippen LogP) is 0.852. The highest BCUT2D eigenvalue weighted by molar-refractivity contribution is 5.77. The Labute approximate surface area is 78.1 Å². The first-order valence-corrected chi connectivity index (χ1v) is 4.23. The number of aliphatic hydroxyl groups excluding tert-OH is 1. The molecule has 0 aromatic rings. The molecule has 0 aromatic carbocycles. The van der Waals surface area contributed by atoms with E-state index in [1.54, 1.807) is 0 Å².